The van der Waals surface area contributed by atoms with E-state index in [9.17, 15) is 9.59 Å². The number of amides is 1. The molecule has 5 heteroatoms. The summed E-state index contributed by atoms with van der Waals surface area (Å²) >= 11 is 1.61. The summed E-state index contributed by atoms with van der Waals surface area (Å²) in [5.74, 6) is -1.71. The Morgan fingerprint density at radius 2 is 2.24 bits per heavy atom. The minimum absolute atomic E-state index is 0.0116. The molecule has 1 saturated carbocycles. The van der Waals surface area contributed by atoms with Crippen molar-refractivity contribution in [3.63, 3.8) is 0 Å². The number of carbonyl (C=O) groups is 2. The third kappa shape index (κ3) is 2.34. The fourth-order valence-corrected chi connectivity index (χ4v) is 2.74. The standard InChI is InChI=1S/C12H15NO3S/c1-7(10-4-3-5-17-10)13(2)11(14)8-6-9(8)12(15)16/h3-5,7-9H,6H2,1-2H3,(H,15,16)/t7?,8-,9+/m1/s1. The fraction of sp³-hybridized carbons (Fsp3) is 0.500. The second-order valence-corrected chi connectivity index (χ2v) is 5.41. The van der Waals surface area contributed by atoms with Gasteiger partial charge in [-0.3, -0.25) is 9.59 Å². The van der Waals surface area contributed by atoms with Gasteiger partial charge < -0.3 is 10.0 Å². The summed E-state index contributed by atoms with van der Waals surface area (Å²) in [4.78, 5) is 25.5. The average molecular weight is 253 g/mol. The van der Waals surface area contributed by atoms with Crippen LogP contribution >= 0.6 is 11.3 Å². The van der Waals surface area contributed by atoms with E-state index in [4.69, 9.17) is 5.11 Å². The third-order valence-electron chi connectivity index (χ3n) is 3.31. The van der Waals surface area contributed by atoms with Crippen LogP contribution < -0.4 is 0 Å². The van der Waals surface area contributed by atoms with Crippen molar-refractivity contribution in [2.45, 2.75) is 19.4 Å². The molecule has 1 aromatic rings. The van der Waals surface area contributed by atoms with E-state index in [2.05, 4.69) is 0 Å². The van der Waals surface area contributed by atoms with Crippen LogP contribution in [0.2, 0.25) is 0 Å². The molecule has 0 saturated heterocycles. The van der Waals surface area contributed by atoms with Gasteiger partial charge in [-0.05, 0) is 24.8 Å². The predicted molar refractivity (Wildman–Crippen MR) is 64.7 cm³/mol. The molecule has 1 fully saturated rings. The number of aliphatic carboxylic acids is 1. The van der Waals surface area contributed by atoms with Crippen molar-refractivity contribution < 1.29 is 14.7 Å². The van der Waals surface area contributed by atoms with E-state index in [1.54, 1.807) is 23.3 Å². The van der Waals surface area contributed by atoms with E-state index in [-0.39, 0.29) is 17.9 Å². The SMILES string of the molecule is CC(c1cccs1)N(C)C(=O)[C@@H]1C[C@@H]1C(=O)O. The Balaban J connectivity index is 1.99. The van der Waals surface area contributed by atoms with Crippen molar-refractivity contribution >= 4 is 23.2 Å². The highest BCUT2D eigenvalue weighted by Crippen LogP contribution is 2.41. The van der Waals surface area contributed by atoms with Crippen molar-refractivity contribution in [3.05, 3.63) is 22.4 Å². The molecule has 92 valence electrons. The zero-order valence-corrected chi connectivity index (χ0v) is 10.6. The van der Waals surface area contributed by atoms with E-state index < -0.39 is 11.9 Å². The van der Waals surface area contributed by atoms with E-state index >= 15 is 0 Å². The lowest BCUT2D eigenvalue weighted by molar-refractivity contribution is -0.142. The first-order valence-electron chi connectivity index (χ1n) is 5.55. The minimum Gasteiger partial charge on any atom is -0.481 e. The van der Waals surface area contributed by atoms with Gasteiger partial charge in [-0.15, -0.1) is 11.3 Å². The Morgan fingerprint density at radius 1 is 1.53 bits per heavy atom. The summed E-state index contributed by atoms with van der Waals surface area (Å²) in [6, 6.07) is 3.95. The van der Waals surface area contributed by atoms with Gasteiger partial charge in [-0.2, -0.15) is 0 Å². The molecular weight excluding hydrogens is 238 g/mol. The quantitative estimate of drug-likeness (QED) is 0.892. The molecule has 1 unspecified atom stereocenters. The highest BCUT2D eigenvalue weighted by atomic mass is 32.1. The number of carbonyl (C=O) groups excluding carboxylic acids is 1. The van der Waals surface area contributed by atoms with Gasteiger partial charge in [0.2, 0.25) is 5.91 Å². The number of nitrogens with zero attached hydrogens (tertiary/aromatic N) is 1. The lowest BCUT2D eigenvalue weighted by atomic mass is 10.2. The highest BCUT2D eigenvalue weighted by molar-refractivity contribution is 7.10. The Bertz CT molecular complexity index is 429. The first kappa shape index (κ1) is 12.1. The Kier molecular flexibility index (Phi) is 3.19. The molecule has 1 aromatic heterocycles. The summed E-state index contributed by atoms with van der Waals surface area (Å²) in [6.07, 6.45) is 0.482. The number of hydrogen-bond donors (Lipinski definition) is 1. The molecular formula is C12H15NO3S. The molecule has 0 aliphatic heterocycles. The predicted octanol–water partition coefficient (Wildman–Crippen LogP) is 1.99. The van der Waals surface area contributed by atoms with Gasteiger partial charge in [0.1, 0.15) is 0 Å². The number of thiophene rings is 1. The summed E-state index contributed by atoms with van der Waals surface area (Å²) < 4.78 is 0. The first-order chi connectivity index (χ1) is 8.02. The van der Waals surface area contributed by atoms with E-state index in [1.807, 2.05) is 24.4 Å². The van der Waals surface area contributed by atoms with Crippen LogP contribution in [0.1, 0.15) is 24.3 Å². The van der Waals surface area contributed by atoms with Gasteiger partial charge in [-0.1, -0.05) is 6.07 Å². The molecule has 0 radical (unpaired) electrons. The second kappa shape index (κ2) is 4.49. The maximum absolute atomic E-state index is 12.0. The number of carboxylic acid groups (broad SMARTS) is 1. The van der Waals surface area contributed by atoms with Crippen LogP contribution in [0.4, 0.5) is 0 Å². The molecule has 0 bridgehead atoms. The van der Waals surface area contributed by atoms with E-state index in [0.29, 0.717) is 6.42 Å². The van der Waals surface area contributed by atoms with Crippen molar-refractivity contribution in [2.24, 2.45) is 11.8 Å². The molecule has 3 atom stereocenters. The van der Waals surface area contributed by atoms with Gasteiger partial charge >= 0.3 is 5.97 Å². The van der Waals surface area contributed by atoms with E-state index in [0.717, 1.165) is 4.88 Å². The van der Waals surface area contributed by atoms with Crippen molar-refractivity contribution in [3.8, 4) is 0 Å². The average Bonchev–Trinajstić information content (AvgIpc) is 2.93. The fourth-order valence-electron chi connectivity index (χ4n) is 1.91. The van der Waals surface area contributed by atoms with Gasteiger partial charge in [0.15, 0.2) is 0 Å². The summed E-state index contributed by atoms with van der Waals surface area (Å²) in [6.45, 7) is 1.96. The van der Waals surface area contributed by atoms with Crippen LogP contribution in [0, 0.1) is 11.8 Å². The largest absolute Gasteiger partial charge is 0.481 e. The summed E-state index contributed by atoms with van der Waals surface area (Å²) in [5.41, 5.74) is 0. The van der Waals surface area contributed by atoms with Crippen LogP contribution in [0.15, 0.2) is 17.5 Å². The molecule has 0 spiro atoms. The molecule has 1 aliphatic carbocycles. The molecule has 1 N–H and O–H groups in total. The second-order valence-electron chi connectivity index (χ2n) is 4.43. The topological polar surface area (TPSA) is 57.6 Å². The van der Waals surface area contributed by atoms with Crippen molar-refractivity contribution in [1.29, 1.82) is 0 Å². The zero-order valence-electron chi connectivity index (χ0n) is 9.79. The zero-order chi connectivity index (χ0) is 12.6. The monoisotopic (exact) mass is 253 g/mol. The van der Waals surface area contributed by atoms with E-state index in [1.165, 1.54) is 0 Å². The maximum Gasteiger partial charge on any atom is 0.307 e. The number of rotatable bonds is 4. The van der Waals surface area contributed by atoms with Crippen LogP contribution in [-0.2, 0) is 9.59 Å². The van der Waals surface area contributed by atoms with Crippen LogP contribution in [0.5, 0.6) is 0 Å². The van der Waals surface area contributed by atoms with Gasteiger partial charge in [0, 0.05) is 11.9 Å². The van der Waals surface area contributed by atoms with Crippen LogP contribution in [0.3, 0.4) is 0 Å². The van der Waals surface area contributed by atoms with Gasteiger partial charge in [-0.25, -0.2) is 0 Å². The number of hydrogen-bond acceptors (Lipinski definition) is 3. The molecule has 1 heterocycles. The summed E-state index contributed by atoms with van der Waals surface area (Å²) in [5, 5.41) is 10.8. The smallest absolute Gasteiger partial charge is 0.307 e. The van der Waals surface area contributed by atoms with Gasteiger partial charge in [0.25, 0.3) is 0 Å². The number of carboxylic acids is 1. The molecule has 0 aromatic carbocycles. The molecule has 17 heavy (non-hydrogen) atoms. The summed E-state index contributed by atoms with van der Waals surface area (Å²) in [7, 11) is 1.74. The molecule has 4 nitrogen and oxygen atoms in total. The van der Waals surface area contributed by atoms with Crippen molar-refractivity contribution in [2.75, 3.05) is 7.05 Å². The third-order valence-corrected chi connectivity index (χ3v) is 4.35. The molecule has 1 amide bonds. The highest BCUT2D eigenvalue weighted by Gasteiger charge is 2.49. The lowest BCUT2D eigenvalue weighted by Gasteiger charge is -2.24. The van der Waals surface area contributed by atoms with Crippen LogP contribution in [0.25, 0.3) is 0 Å². The minimum atomic E-state index is -0.861. The first-order valence-corrected chi connectivity index (χ1v) is 6.43. The lowest BCUT2D eigenvalue weighted by Crippen LogP contribution is -2.31. The Hall–Kier alpha value is -1.36. The molecule has 1 aliphatic rings. The van der Waals surface area contributed by atoms with Gasteiger partial charge in [0.05, 0.1) is 17.9 Å². The molecule has 2 rings (SSSR count). The normalized spacial score (nSPS) is 24.1. The Morgan fingerprint density at radius 3 is 2.71 bits per heavy atom. The van der Waals surface area contributed by atoms with Crippen molar-refractivity contribution in [1.82, 2.24) is 4.90 Å². The Labute approximate surface area is 104 Å². The van der Waals surface area contributed by atoms with Crippen LogP contribution in [-0.4, -0.2) is 28.9 Å². The maximum atomic E-state index is 12.0.